The van der Waals surface area contributed by atoms with Crippen LogP contribution in [0.15, 0.2) is 0 Å². The molecule has 0 aromatic carbocycles. The highest BCUT2D eigenvalue weighted by molar-refractivity contribution is 5.85. The van der Waals surface area contributed by atoms with Gasteiger partial charge in [0.05, 0.1) is 12.2 Å². The minimum atomic E-state index is -0.279. The first-order valence-electron chi connectivity index (χ1n) is 6.41. The van der Waals surface area contributed by atoms with E-state index in [1.54, 1.807) is 7.11 Å². The molecule has 0 aliphatic carbocycles. The fraction of sp³-hybridized carbons (Fsp3) is 0.917. The molecule has 106 valence electrons. The van der Waals surface area contributed by atoms with Gasteiger partial charge in [0.1, 0.15) is 6.10 Å². The van der Waals surface area contributed by atoms with Crippen LogP contribution in [0, 0.1) is 0 Å². The maximum absolute atomic E-state index is 12.2. The Bertz CT molecular complexity index is 278. The molecule has 3 atom stereocenters. The molecule has 2 aliphatic rings. The molecule has 2 aliphatic heterocycles. The summed E-state index contributed by atoms with van der Waals surface area (Å²) in [6.07, 6.45) is 3.71. The molecule has 2 N–H and O–H groups in total. The van der Waals surface area contributed by atoms with Gasteiger partial charge in [-0.05, 0) is 25.7 Å². The number of piperidine rings is 1. The first-order valence-corrected chi connectivity index (χ1v) is 6.41. The van der Waals surface area contributed by atoms with E-state index >= 15 is 0 Å². The van der Waals surface area contributed by atoms with Crippen LogP contribution in [0.5, 0.6) is 0 Å². The molecule has 18 heavy (non-hydrogen) atoms. The van der Waals surface area contributed by atoms with Gasteiger partial charge in [0, 0.05) is 26.7 Å². The number of halogens is 1. The molecule has 1 amide bonds. The van der Waals surface area contributed by atoms with E-state index in [-0.39, 0.29) is 36.6 Å². The topological polar surface area (TPSA) is 64.8 Å². The molecular weight excluding hydrogens is 256 g/mol. The number of methoxy groups -OCH3 is 1. The van der Waals surface area contributed by atoms with Gasteiger partial charge in [0.15, 0.2) is 0 Å². The Morgan fingerprint density at radius 3 is 2.83 bits per heavy atom. The number of likely N-dealkylation sites (tertiary alicyclic amines) is 1. The second-order valence-electron chi connectivity index (χ2n) is 4.84. The first-order chi connectivity index (χ1) is 8.24. The van der Waals surface area contributed by atoms with Crippen LogP contribution < -0.4 is 5.73 Å². The molecule has 2 saturated heterocycles. The molecule has 0 bridgehead atoms. The van der Waals surface area contributed by atoms with Crippen LogP contribution in [0.4, 0.5) is 0 Å². The molecule has 0 radical (unpaired) electrons. The minimum Gasteiger partial charge on any atom is -0.380 e. The zero-order valence-electron chi connectivity index (χ0n) is 10.8. The van der Waals surface area contributed by atoms with E-state index in [9.17, 15) is 4.79 Å². The average Bonchev–Trinajstić information content (AvgIpc) is 2.86. The Morgan fingerprint density at radius 2 is 2.22 bits per heavy atom. The summed E-state index contributed by atoms with van der Waals surface area (Å²) in [5.74, 6) is 0.114. The van der Waals surface area contributed by atoms with Crippen molar-refractivity contribution in [2.75, 3.05) is 26.7 Å². The molecular formula is C12H23ClN2O3. The van der Waals surface area contributed by atoms with E-state index in [1.807, 2.05) is 4.90 Å². The van der Waals surface area contributed by atoms with Gasteiger partial charge in [0.25, 0.3) is 5.91 Å². The van der Waals surface area contributed by atoms with Gasteiger partial charge in [-0.25, -0.2) is 0 Å². The zero-order valence-corrected chi connectivity index (χ0v) is 11.7. The summed E-state index contributed by atoms with van der Waals surface area (Å²) < 4.78 is 11.0. The van der Waals surface area contributed by atoms with Crippen molar-refractivity contribution < 1.29 is 14.3 Å². The van der Waals surface area contributed by atoms with Crippen molar-refractivity contribution in [3.63, 3.8) is 0 Å². The van der Waals surface area contributed by atoms with E-state index in [1.165, 1.54) is 0 Å². The smallest absolute Gasteiger partial charge is 0.251 e. The van der Waals surface area contributed by atoms with Gasteiger partial charge < -0.3 is 20.1 Å². The SMILES string of the molecule is COC1CCCN(C(=O)[C@@H]2CC[C@H](CN)O2)C1.Cl. The van der Waals surface area contributed by atoms with Crippen molar-refractivity contribution in [3.05, 3.63) is 0 Å². The quantitative estimate of drug-likeness (QED) is 0.819. The number of hydrogen-bond donors (Lipinski definition) is 1. The summed E-state index contributed by atoms with van der Waals surface area (Å²) in [6.45, 7) is 2.03. The average molecular weight is 279 g/mol. The summed E-state index contributed by atoms with van der Waals surface area (Å²) in [4.78, 5) is 14.1. The van der Waals surface area contributed by atoms with Crippen LogP contribution in [-0.2, 0) is 14.3 Å². The van der Waals surface area contributed by atoms with Crippen LogP contribution in [-0.4, -0.2) is 55.9 Å². The van der Waals surface area contributed by atoms with Crippen molar-refractivity contribution >= 4 is 18.3 Å². The number of nitrogens with zero attached hydrogens (tertiary/aromatic N) is 1. The van der Waals surface area contributed by atoms with Gasteiger partial charge in [-0.2, -0.15) is 0 Å². The Hall–Kier alpha value is -0.360. The van der Waals surface area contributed by atoms with Crippen molar-refractivity contribution in [1.82, 2.24) is 4.90 Å². The predicted octanol–water partition coefficient (Wildman–Crippen LogP) is 0.552. The first kappa shape index (κ1) is 15.7. The fourth-order valence-electron chi connectivity index (χ4n) is 2.60. The summed E-state index contributed by atoms with van der Waals surface area (Å²) in [5, 5.41) is 0. The van der Waals surface area contributed by atoms with Crippen molar-refractivity contribution in [1.29, 1.82) is 0 Å². The maximum atomic E-state index is 12.2. The third-order valence-electron chi connectivity index (χ3n) is 3.67. The van der Waals surface area contributed by atoms with E-state index < -0.39 is 0 Å². The van der Waals surface area contributed by atoms with E-state index in [0.29, 0.717) is 13.1 Å². The van der Waals surface area contributed by atoms with Crippen molar-refractivity contribution in [2.24, 2.45) is 5.73 Å². The van der Waals surface area contributed by atoms with Crippen LogP contribution in [0.2, 0.25) is 0 Å². The molecule has 2 rings (SSSR count). The van der Waals surface area contributed by atoms with Gasteiger partial charge in [-0.15, -0.1) is 12.4 Å². The summed E-state index contributed by atoms with van der Waals surface area (Å²) in [6, 6.07) is 0. The Labute approximate surface area is 114 Å². The minimum absolute atomic E-state index is 0. The monoisotopic (exact) mass is 278 g/mol. The van der Waals surface area contributed by atoms with Crippen LogP contribution in [0.3, 0.4) is 0 Å². The Morgan fingerprint density at radius 1 is 1.44 bits per heavy atom. The maximum Gasteiger partial charge on any atom is 0.251 e. The molecule has 0 saturated carbocycles. The summed E-state index contributed by atoms with van der Waals surface area (Å²) in [5.41, 5.74) is 5.55. The largest absolute Gasteiger partial charge is 0.380 e. The molecule has 0 aromatic heterocycles. The summed E-state index contributed by atoms with van der Waals surface area (Å²) >= 11 is 0. The standard InChI is InChI=1S/C12H22N2O3.ClH/c1-16-10-3-2-6-14(8-10)12(15)11-5-4-9(7-13)17-11;/h9-11H,2-8,13H2,1H3;1H/t9-,10?,11+;/m1./s1. The van der Waals surface area contributed by atoms with Crippen molar-refractivity contribution in [3.8, 4) is 0 Å². The number of ether oxygens (including phenoxy) is 2. The van der Waals surface area contributed by atoms with Gasteiger partial charge in [-0.3, -0.25) is 4.79 Å². The van der Waals surface area contributed by atoms with Crippen molar-refractivity contribution in [2.45, 2.75) is 44.0 Å². The molecule has 2 fully saturated rings. The molecule has 1 unspecified atom stereocenters. The second-order valence-corrected chi connectivity index (χ2v) is 4.84. The highest BCUT2D eigenvalue weighted by Gasteiger charge is 2.34. The lowest BCUT2D eigenvalue weighted by molar-refractivity contribution is -0.146. The van der Waals surface area contributed by atoms with Crippen LogP contribution >= 0.6 is 12.4 Å². The number of carbonyl (C=O) groups is 1. The number of nitrogens with two attached hydrogens (primary N) is 1. The van der Waals surface area contributed by atoms with Crippen LogP contribution in [0.25, 0.3) is 0 Å². The fourth-order valence-corrected chi connectivity index (χ4v) is 2.60. The van der Waals surface area contributed by atoms with Gasteiger partial charge in [0.2, 0.25) is 0 Å². The lowest BCUT2D eigenvalue weighted by Crippen LogP contribution is -2.47. The number of carbonyl (C=O) groups excluding carboxylic acids is 1. The molecule has 6 heteroatoms. The van der Waals surface area contributed by atoms with Crippen LogP contribution in [0.1, 0.15) is 25.7 Å². The molecule has 0 spiro atoms. The van der Waals surface area contributed by atoms with Gasteiger partial charge in [-0.1, -0.05) is 0 Å². The summed E-state index contributed by atoms with van der Waals surface area (Å²) in [7, 11) is 1.70. The Balaban J connectivity index is 0.00000162. The van der Waals surface area contributed by atoms with Gasteiger partial charge >= 0.3 is 0 Å². The lowest BCUT2D eigenvalue weighted by Gasteiger charge is -2.33. The van der Waals surface area contributed by atoms with E-state index in [2.05, 4.69) is 0 Å². The second kappa shape index (κ2) is 7.28. The number of amides is 1. The highest BCUT2D eigenvalue weighted by Crippen LogP contribution is 2.22. The van der Waals surface area contributed by atoms with E-state index in [4.69, 9.17) is 15.2 Å². The number of hydrogen-bond acceptors (Lipinski definition) is 4. The third-order valence-corrected chi connectivity index (χ3v) is 3.67. The normalized spacial score (nSPS) is 32.1. The highest BCUT2D eigenvalue weighted by atomic mass is 35.5. The molecule has 0 aromatic rings. The predicted molar refractivity (Wildman–Crippen MR) is 70.8 cm³/mol. The number of rotatable bonds is 3. The Kier molecular flexibility index (Phi) is 6.35. The molecule has 2 heterocycles. The zero-order chi connectivity index (χ0) is 12.3. The lowest BCUT2D eigenvalue weighted by atomic mass is 10.1. The third kappa shape index (κ3) is 3.57. The molecule has 5 nitrogen and oxygen atoms in total. The van der Waals surface area contributed by atoms with E-state index in [0.717, 1.165) is 32.2 Å².